The molecular formula is C14H21IN2O2S. The average Bonchev–Trinajstić information content (AvgIpc) is 2.27. The van der Waals surface area contributed by atoms with Crippen LogP contribution < -0.4 is 29.3 Å². The van der Waals surface area contributed by atoms with Crippen molar-refractivity contribution >= 4 is 28.5 Å². The summed E-state index contributed by atoms with van der Waals surface area (Å²) < 4.78 is 0.827. The number of benzene rings is 1. The van der Waals surface area contributed by atoms with Crippen molar-refractivity contribution in [3.05, 3.63) is 29.8 Å². The zero-order chi connectivity index (χ0) is 14.5. The van der Waals surface area contributed by atoms with Crippen molar-refractivity contribution in [2.45, 2.75) is 6.92 Å². The van der Waals surface area contributed by atoms with Crippen LogP contribution in [0.2, 0.25) is 0 Å². The molecule has 0 aliphatic heterocycles. The fourth-order valence-electron chi connectivity index (χ4n) is 1.45. The molecule has 1 aromatic carbocycles. The fraction of sp³-hybridized carbons (Fsp3) is 0.429. The second kappa shape index (κ2) is 8.63. The van der Waals surface area contributed by atoms with E-state index in [4.69, 9.17) is 0 Å². The maximum Gasteiger partial charge on any atom is 0.221 e. The number of carbonyl (C=O) groups excluding carboxylic acids is 2. The molecule has 0 radical (unpaired) electrons. The van der Waals surface area contributed by atoms with Crippen molar-refractivity contribution in [2.75, 3.05) is 38.8 Å². The Balaban J connectivity index is 0.00000361. The summed E-state index contributed by atoms with van der Waals surface area (Å²) in [6.07, 6.45) is 0. The minimum atomic E-state index is -0.170. The van der Waals surface area contributed by atoms with Gasteiger partial charge in [0, 0.05) is 6.92 Å². The van der Waals surface area contributed by atoms with E-state index in [9.17, 15) is 9.59 Å². The van der Waals surface area contributed by atoms with Gasteiger partial charge < -0.3 is 33.8 Å². The van der Waals surface area contributed by atoms with Gasteiger partial charge in [-0.2, -0.15) is 0 Å². The molecule has 20 heavy (non-hydrogen) atoms. The number of hydrogen-bond acceptors (Lipinski definition) is 3. The van der Waals surface area contributed by atoms with E-state index in [0.29, 0.717) is 11.3 Å². The quantitative estimate of drug-likeness (QED) is 0.514. The summed E-state index contributed by atoms with van der Waals surface area (Å²) in [5, 5.41) is 2.68. The van der Waals surface area contributed by atoms with Crippen LogP contribution in [0.3, 0.4) is 0 Å². The Morgan fingerprint density at radius 3 is 2.35 bits per heavy atom. The summed E-state index contributed by atoms with van der Waals surface area (Å²) in [4.78, 5) is 23.2. The smallest absolute Gasteiger partial charge is 0.221 e. The van der Waals surface area contributed by atoms with Crippen LogP contribution >= 0.6 is 11.8 Å². The highest BCUT2D eigenvalue weighted by molar-refractivity contribution is 8.14. The molecule has 1 N–H and O–H groups in total. The Bertz CT molecular complexity index is 472. The lowest BCUT2D eigenvalue weighted by Gasteiger charge is -2.23. The van der Waals surface area contributed by atoms with Gasteiger partial charge >= 0.3 is 0 Å². The SMILES string of the molecule is CC(=O)Nc1ccccc1C(=O)SCC[N+](C)(C)C.[I-]. The summed E-state index contributed by atoms with van der Waals surface area (Å²) >= 11 is 1.29. The van der Waals surface area contributed by atoms with Gasteiger partial charge in [-0.25, -0.2) is 0 Å². The van der Waals surface area contributed by atoms with E-state index in [2.05, 4.69) is 26.5 Å². The lowest BCUT2D eigenvalue weighted by atomic mass is 10.2. The predicted octanol–water partition coefficient (Wildman–Crippen LogP) is -0.771. The van der Waals surface area contributed by atoms with Gasteiger partial charge in [0.25, 0.3) is 0 Å². The summed E-state index contributed by atoms with van der Waals surface area (Å²) in [7, 11) is 6.28. The number of nitrogens with one attached hydrogen (secondary N) is 1. The molecule has 0 bridgehead atoms. The number of thioether (sulfide) groups is 1. The molecular weight excluding hydrogens is 387 g/mol. The Morgan fingerprint density at radius 2 is 1.80 bits per heavy atom. The molecule has 0 heterocycles. The second-order valence-electron chi connectivity index (χ2n) is 5.38. The number of anilines is 1. The average molecular weight is 408 g/mol. The van der Waals surface area contributed by atoms with E-state index in [1.807, 2.05) is 0 Å². The predicted molar refractivity (Wildman–Crippen MR) is 80.4 cm³/mol. The fourth-order valence-corrected chi connectivity index (χ4v) is 2.61. The topological polar surface area (TPSA) is 46.2 Å². The highest BCUT2D eigenvalue weighted by atomic mass is 127. The lowest BCUT2D eigenvalue weighted by Crippen LogP contribution is -3.00. The highest BCUT2D eigenvalue weighted by Gasteiger charge is 2.14. The van der Waals surface area contributed by atoms with Crippen LogP contribution in [0.25, 0.3) is 0 Å². The third kappa shape index (κ3) is 7.25. The van der Waals surface area contributed by atoms with Crippen LogP contribution in [-0.2, 0) is 4.79 Å². The van der Waals surface area contributed by atoms with Crippen LogP contribution in [0.4, 0.5) is 5.69 Å². The maximum absolute atomic E-state index is 12.1. The number of nitrogens with zero attached hydrogens (tertiary/aromatic N) is 1. The molecule has 0 atom stereocenters. The third-order valence-corrected chi connectivity index (χ3v) is 3.32. The molecule has 0 spiro atoms. The zero-order valence-corrected chi connectivity index (χ0v) is 15.2. The molecule has 0 aliphatic rings. The molecule has 0 fully saturated rings. The zero-order valence-electron chi connectivity index (χ0n) is 12.3. The summed E-state index contributed by atoms with van der Waals surface area (Å²) in [6.45, 7) is 2.35. The molecule has 6 heteroatoms. The number of hydrogen-bond donors (Lipinski definition) is 1. The number of quaternary nitrogens is 1. The molecule has 0 saturated heterocycles. The normalized spacial score (nSPS) is 10.6. The van der Waals surface area contributed by atoms with Crippen LogP contribution in [0.5, 0.6) is 0 Å². The molecule has 0 saturated carbocycles. The van der Waals surface area contributed by atoms with E-state index in [1.165, 1.54) is 18.7 Å². The van der Waals surface area contributed by atoms with Gasteiger partial charge in [-0.15, -0.1) is 0 Å². The number of carbonyl (C=O) groups is 2. The van der Waals surface area contributed by atoms with Gasteiger partial charge in [0.1, 0.15) is 0 Å². The number of halogens is 1. The Hall–Kier alpha value is -0.600. The molecule has 1 aromatic rings. The van der Waals surface area contributed by atoms with Crippen molar-refractivity contribution in [3.8, 4) is 0 Å². The molecule has 1 rings (SSSR count). The van der Waals surface area contributed by atoms with Gasteiger partial charge in [0.15, 0.2) is 0 Å². The second-order valence-corrected chi connectivity index (χ2v) is 6.44. The molecule has 0 unspecified atom stereocenters. The van der Waals surface area contributed by atoms with Crippen molar-refractivity contribution in [2.24, 2.45) is 0 Å². The standard InChI is InChI=1S/C14H20N2O2S.HI/c1-11(17)15-13-8-6-5-7-12(13)14(18)19-10-9-16(2,3)4;/h5-8H,9-10H2,1-4H3;1H. The number of amides is 1. The summed E-state index contributed by atoms with van der Waals surface area (Å²) in [6, 6.07) is 7.10. The van der Waals surface area contributed by atoms with Gasteiger partial charge in [-0.3, -0.25) is 9.59 Å². The number of rotatable bonds is 5. The Labute approximate surface area is 141 Å². The van der Waals surface area contributed by atoms with Crippen LogP contribution in [0.15, 0.2) is 24.3 Å². The first-order chi connectivity index (χ1) is 8.79. The molecule has 112 valence electrons. The first-order valence-corrected chi connectivity index (χ1v) is 7.12. The first-order valence-electron chi connectivity index (χ1n) is 6.14. The van der Waals surface area contributed by atoms with Gasteiger partial charge in [0.05, 0.1) is 44.7 Å². The first kappa shape index (κ1) is 19.4. The lowest BCUT2D eigenvalue weighted by molar-refractivity contribution is -0.867. The molecule has 1 amide bonds. The van der Waals surface area contributed by atoms with E-state index >= 15 is 0 Å². The van der Waals surface area contributed by atoms with Crippen molar-refractivity contribution < 1.29 is 38.0 Å². The Morgan fingerprint density at radius 1 is 1.20 bits per heavy atom. The molecule has 0 aromatic heterocycles. The highest BCUT2D eigenvalue weighted by Crippen LogP contribution is 2.21. The van der Waals surface area contributed by atoms with Gasteiger partial charge in [-0.1, -0.05) is 23.9 Å². The minimum absolute atomic E-state index is 0. The van der Waals surface area contributed by atoms with E-state index in [1.54, 1.807) is 24.3 Å². The van der Waals surface area contributed by atoms with Crippen molar-refractivity contribution in [1.29, 1.82) is 0 Å². The monoisotopic (exact) mass is 408 g/mol. The van der Waals surface area contributed by atoms with Gasteiger partial charge in [0.2, 0.25) is 11.0 Å². The van der Waals surface area contributed by atoms with E-state index in [-0.39, 0.29) is 35.0 Å². The Kier molecular flexibility index (Phi) is 8.38. The number of para-hydroxylation sites is 1. The van der Waals surface area contributed by atoms with Crippen LogP contribution in [-0.4, -0.2) is 48.9 Å². The summed E-state index contributed by atoms with van der Waals surface area (Å²) in [5.41, 5.74) is 1.14. The van der Waals surface area contributed by atoms with Crippen molar-refractivity contribution in [3.63, 3.8) is 0 Å². The summed E-state index contributed by atoms with van der Waals surface area (Å²) in [5.74, 6) is 0.591. The molecule has 0 aliphatic carbocycles. The molecule has 4 nitrogen and oxygen atoms in total. The minimum Gasteiger partial charge on any atom is -1.00 e. The van der Waals surface area contributed by atoms with E-state index in [0.717, 1.165) is 16.8 Å². The van der Waals surface area contributed by atoms with Crippen LogP contribution in [0.1, 0.15) is 17.3 Å². The van der Waals surface area contributed by atoms with Crippen molar-refractivity contribution in [1.82, 2.24) is 0 Å². The third-order valence-electron chi connectivity index (χ3n) is 2.45. The van der Waals surface area contributed by atoms with Crippen LogP contribution in [0, 0.1) is 0 Å². The maximum atomic E-state index is 12.1. The largest absolute Gasteiger partial charge is 1.00 e. The van der Waals surface area contributed by atoms with E-state index < -0.39 is 0 Å². The van der Waals surface area contributed by atoms with Gasteiger partial charge in [-0.05, 0) is 12.1 Å².